The molecule has 3 nitrogen and oxygen atoms in total. The van der Waals surface area contributed by atoms with Crippen molar-refractivity contribution in [2.75, 3.05) is 0 Å². The number of hydrogen-bond acceptors (Lipinski definition) is 3. The summed E-state index contributed by atoms with van der Waals surface area (Å²) in [5, 5.41) is 0.0832. The molecule has 0 aliphatic heterocycles. The van der Waals surface area contributed by atoms with Crippen molar-refractivity contribution >= 4 is 17.6 Å². The summed E-state index contributed by atoms with van der Waals surface area (Å²) in [5.74, 6) is 1.02. The Balaban J connectivity index is 1.60. The molecule has 0 aliphatic rings. The maximum atomic E-state index is 12.4. The maximum absolute atomic E-state index is 12.4. The van der Waals surface area contributed by atoms with Crippen molar-refractivity contribution in [3.8, 4) is 22.6 Å². The van der Waals surface area contributed by atoms with Crippen LogP contribution in [0.15, 0.2) is 72.8 Å². The van der Waals surface area contributed by atoms with Crippen molar-refractivity contribution in [3.05, 3.63) is 83.9 Å². The second kappa shape index (κ2) is 11.0. The molecule has 0 radical (unpaired) electrons. The van der Waals surface area contributed by atoms with E-state index in [1.165, 1.54) is 5.56 Å². The van der Waals surface area contributed by atoms with Crippen LogP contribution in [0.2, 0.25) is 0 Å². The number of benzene rings is 3. The minimum atomic E-state index is -0.360. The summed E-state index contributed by atoms with van der Waals surface area (Å²) in [5.41, 5.74) is 3.84. The van der Waals surface area contributed by atoms with Gasteiger partial charge in [0.25, 0.3) is 0 Å². The Morgan fingerprint density at radius 3 is 1.94 bits per heavy atom. The summed E-state index contributed by atoms with van der Waals surface area (Å²) < 4.78 is 11.4. The number of esters is 1. The molecule has 0 fully saturated rings. The largest absolute Gasteiger partial charge is 0.491 e. The third-order valence-corrected chi connectivity index (χ3v) is 5.15. The van der Waals surface area contributed by atoms with Crippen molar-refractivity contribution in [1.82, 2.24) is 0 Å². The molecule has 0 saturated carbocycles. The van der Waals surface area contributed by atoms with Gasteiger partial charge in [0, 0.05) is 11.8 Å². The van der Waals surface area contributed by atoms with Crippen molar-refractivity contribution < 1.29 is 14.3 Å². The monoisotopic (exact) mass is 436 g/mol. The van der Waals surface area contributed by atoms with E-state index in [-0.39, 0.29) is 17.5 Å². The molecular weight excluding hydrogens is 408 g/mol. The van der Waals surface area contributed by atoms with E-state index in [4.69, 9.17) is 21.1 Å². The average molecular weight is 437 g/mol. The molecule has 0 N–H and O–H groups in total. The van der Waals surface area contributed by atoms with Gasteiger partial charge in [-0.2, -0.15) is 0 Å². The third kappa shape index (κ3) is 6.86. The van der Waals surface area contributed by atoms with Gasteiger partial charge >= 0.3 is 5.97 Å². The Labute approximate surface area is 190 Å². The number of rotatable bonds is 9. The summed E-state index contributed by atoms with van der Waals surface area (Å²) in [6.07, 6.45) is 2.97. The topological polar surface area (TPSA) is 35.5 Å². The first kappa shape index (κ1) is 22.9. The molecular formula is C27H29ClO3. The number of alkyl halides is 1. The number of carbonyl (C=O) groups excluding carboxylic acids is 1. The van der Waals surface area contributed by atoms with Crippen LogP contribution in [0.4, 0.5) is 0 Å². The molecule has 31 heavy (non-hydrogen) atoms. The summed E-state index contributed by atoms with van der Waals surface area (Å²) in [4.78, 5) is 12.4. The highest BCUT2D eigenvalue weighted by molar-refractivity contribution is 6.20. The van der Waals surface area contributed by atoms with Gasteiger partial charge in [0.2, 0.25) is 0 Å². The fourth-order valence-electron chi connectivity index (χ4n) is 3.44. The number of ether oxygens (including phenoxy) is 2. The fraction of sp³-hybridized carbons (Fsp3) is 0.296. The van der Waals surface area contributed by atoms with E-state index >= 15 is 0 Å². The zero-order valence-corrected chi connectivity index (χ0v) is 19.1. The lowest BCUT2D eigenvalue weighted by Crippen LogP contribution is -2.15. The molecule has 3 aromatic carbocycles. The molecule has 3 rings (SSSR count). The maximum Gasteiger partial charge on any atom is 0.343 e. The average Bonchev–Trinajstić information content (AvgIpc) is 2.75. The number of aryl methyl sites for hydroxylation is 1. The zero-order valence-electron chi connectivity index (χ0n) is 18.3. The predicted molar refractivity (Wildman–Crippen MR) is 127 cm³/mol. The lowest BCUT2D eigenvalue weighted by Gasteiger charge is -2.16. The van der Waals surface area contributed by atoms with Crippen LogP contribution in [-0.4, -0.2) is 17.5 Å². The van der Waals surface area contributed by atoms with Crippen LogP contribution in [0, 0.1) is 0 Å². The van der Waals surface area contributed by atoms with Crippen molar-refractivity contribution in [1.29, 1.82) is 0 Å². The van der Waals surface area contributed by atoms with Crippen LogP contribution < -0.4 is 9.47 Å². The number of hydrogen-bond donors (Lipinski definition) is 0. The fourth-order valence-corrected chi connectivity index (χ4v) is 3.69. The van der Waals surface area contributed by atoms with Gasteiger partial charge in [-0.15, -0.1) is 11.6 Å². The smallest absolute Gasteiger partial charge is 0.343 e. The van der Waals surface area contributed by atoms with E-state index in [1.807, 2.05) is 74.5 Å². The highest BCUT2D eigenvalue weighted by Gasteiger charge is 2.10. The zero-order chi connectivity index (χ0) is 22.2. The van der Waals surface area contributed by atoms with Crippen molar-refractivity contribution in [3.63, 3.8) is 0 Å². The molecule has 2 atom stereocenters. The lowest BCUT2D eigenvalue weighted by molar-refractivity contribution is 0.0734. The highest BCUT2D eigenvalue weighted by atomic mass is 35.5. The van der Waals surface area contributed by atoms with Gasteiger partial charge in [-0.3, -0.25) is 0 Å². The first-order valence-corrected chi connectivity index (χ1v) is 11.2. The molecule has 0 bridgehead atoms. The Kier molecular flexibility index (Phi) is 8.13. The van der Waals surface area contributed by atoms with E-state index in [1.54, 1.807) is 12.1 Å². The molecule has 162 valence electrons. The minimum absolute atomic E-state index is 0.0616. The van der Waals surface area contributed by atoms with Crippen LogP contribution in [0.5, 0.6) is 11.5 Å². The first-order valence-electron chi connectivity index (χ1n) is 10.8. The molecule has 0 amide bonds. The van der Waals surface area contributed by atoms with Gasteiger partial charge in [0.05, 0.1) is 11.7 Å². The lowest BCUT2D eigenvalue weighted by atomic mass is 10.0. The first-order chi connectivity index (χ1) is 14.9. The highest BCUT2D eigenvalue weighted by Crippen LogP contribution is 2.24. The van der Waals surface area contributed by atoms with Crippen molar-refractivity contribution in [2.24, 2.45) is 0 Å². The van der Waals surface area contributed by atoms with Crippen LogP contribution in [0.25, 0.3) is 11.1 Å². The van der Waals surface area contributed by atoms with Crippen LogP contribution in [0.1, 0.15) is 49.5 Å². The molecule has 0 unspecified atom stereocenters. The standard InChI is InChI=1S/C27H29ClO3/c1-4-5-21-6-14-26(15-7-21)31-27(29)24-10-8-22(9-11-24)23-12-16-25(17-13-23)30-20(3)18-19(2)28/h6-17,19-20H,4-5,18H2,1-3H3/t19-,20-/m0/s1. The van der Waals surface area contributed by atoms with E-state index in [9.17, 15) is 4.79 Å². The molecule has 0 aliphatic carbocycles. The summed E-state index contributed by atoms with van der Waals surface area (Å²) >= 11 is 6.03. The molecule has 0 heterocycles. The van der Waals surface area contributed by atoms with Gasteiger partial charge in [0.15, 0.2) is 0 Å². The summed E-state index contributed by atoms with van der Waals surface area (Å²) in [7, 11) is 0. The number of carbonyl (C=O) groups is 1. The molecule has 0 saturated heterocycles. The van der Waals surface area contributed by atoms with Gasteiger partial charge in [-0.05, 0) is 73.4 Å². The van der Waals surface area contributed by atoms with Crippen LogP contribution >= 0.6 is 11.6 Å². The second-order valence-corrected chi connectivity index (χ2v) is 8.58. The van der Waals surface area contributed by atoms with Gasteiger partial charge in [-0.25, -0.2) is 4.79 Å². The molecule has 0 aromatic heterocycles. The Hall–Kier alpha value is -2.78. The number of halogens is 1. The summed E-state index contributed by atoms with van der Waals surface area (Å²) in [6, 6.07) is 23.0. The van der Waals surface area contributed by atoms with E-state index in [2.05, 4.69) is 6.92 Å². The van der Waals surface area contributed by atoms with Gasteiger partial charge in [-0.1, -0.05) is 49.7 Å². The van der Waals surface area contributed by atoms with Crippen molar-refractivity contribution in [2.45, 2.75) is 51.5 Å². The van der Waals surface area contributed by atoms with E-state index in [0.29, 0.717) is 11.3 Å². The predicted octanol–water partition coefficient (Wildman–Crippen LogP) is 7.31. The SMILES string of the molecule is CCCc1ccc(OC(=O)c2ccc(-c3ccc(O[C@@H](C)C[C@H](C)Cl)cc3)cc2)cc1. The Morgan fingerprint density at radius 2 is 1.39 bits per heavy atom. The van der Waals surface area contributed by atoms with Crippen LogP contribution in [-0.2, 0) is 6.42 Å². The van der Waals surface area contributed by atoms with Gasteiger partial charge < -0.3 is 9.47 Å². The van der Waals surface area contributed by atoms with Crippen LogP contribution in [0.3, 0.4) is 0 Å². The quantitative estimate of drug-likeness (QED) is 0.200. The summed E-state index contributed by atoms with van der Waals surface area (Å²) in [6.45, 7) is 6.13. The molecule has 0 spiro atoms. The van der Waals surface area contributed by atoms with E-state index < -0.39 is 0 Å². The molecule has 3 aromatic rings. The minimum Gasteiger partial charge on any atom is -0.491 e. The third-order valence-electron chi connectivity index (χ3n) is 4.97. The second-order valence-electron chi connectivity index (χ2n) is 7.83. The Morgan fingerprint density at radius 1 is 0.839 bits per heavy atom. The molecule has 4 heteroatoms. The van der Waals surface area contributed by atoms with E-state index in [0.717, 1.165) is 36.1 Å². The van der Waals surface area contributed by atoms with Gasteiger partial charge in [0.1, 0.15) is 11.5 Å². The normalized spacial score (nSPS) is 12.8. The Bertz CT molecular complexity index is 961.